The first-order valence-corrected chi connectivity index (χ1v) is 6.36. The van der Waals surface area contributed by atoms with Gasteiger partial charge in [0, 0.05) is 5.56 Å². The SMILES string of the molecule is CCCC(C)Oc1ccc(C(=N)N)cc1OCC. The van der Waals surface area contributed by atoms with Gasteiger partial charge >= 0.3 is 0 Å². The summed E-state index contributed by atoms with van der Waals surface area (Å²) in [5.41, 5.74) is 6.11. The lowest BCUT2D eigenvalue weighted by molar-refractivity contribution is 0.197. The minimum atomic E-state index is 0.0316. The maximum atomic E-state index is 7.42. The highest BCUT2D eigenvalue weighted by atomic mass is 16.5. The summed E-state index contributed by atoms with van der Waals surface area (Å²) in [6.45, 7) is 6.64. The smallest absolute Gasteiger partial charge is 0.161 e. The van der Waals surface area contributed by atoms with Gasteiger partial charge in [0.1, 0.15) is 5.84 Å². The molecule has 0 fully saturated rings. The van der Waals surface area contributed by atoms with Crippen molar-refractivity contribution < 1.29 is 9.47 Å². The average molecular weight is 250 g/mol. The van der Waals surface area contributed by atoms with Gasteiger partial charge in [-0.1, -0.05) is 13.3 Å². The molecule has 1 aromatic rings. The van der Waals surface area contributed by atoms with E-state index in [1.165, 1.54) is 0 Å². The van der Waals surface area contributed by atoms with Crippen LogP contribution in [0.15, 0.2) is 18.2 Å². The topological polar surface area (TPSA) is 68.3 Å². The highest BCUT2D eigenvalue weighted by Crippen LogP contribution is 2.29. The standard InChI is InChI=1S/C14H22N2O2/c1-4-6-10(3)18-12-8-7-11(14(15)16)9-13(12)17-5-2/h7-10H,4-6H2,1-3H3,(H3,15,16). The Labute approximate surface area is 109 Å². The van der Waals surface area contributed by atoms with Gasteiger partial charge in [-0.3, -0.25) is 5.41 Å². The average Bonchev–Trinajstić information content (AvgIpc) is 2.31. The molecule has 0 saturated heterocycles. The van der Waals surface area contributed by atoms with Crippen molar-refractivity contribution >= 4 is 5.84 Å². The summed E-state index contributed by atoms with van der Waals surface area (Å²) in [4.78, 5) is 0. The number of nitrogens with two attached hydrogens (primary N) is 1. The maximum Gasteiger partial charge on any atom is 0.161 e. The van der Waals surface area contributed by atoms with Crippen molar-refractivity contribution in [3.05, 3.63) is 23.8 Å². The van der Waals surface area contributed by atoms with Crippen molar-refractivity contribution in [1.82, 2.24) is 0 Å². The number of benzene rings is 1. The van der Waals surface area contributed by atoms with Crippen LogP contribution < -0.4 is 15.2 Å². The normalized spacial score (nSPS) is 11.9. The molecule has 0 spiro atoms. The van der Waals surface area contributed by atoms with E-state index in [0.717, 1.165) is 12.8 Å². The lowest BCUT2D eigenvalue weighted by Crippen LogP contribution is -2.14. The highest BCUT2D eigenvalue weighted by Gasteiger charge is 2.10. The Balaban J connectivity index is 2.92. The summed E-state index contributed by atoms with van der Waals surface area (Å²) in [5.74, 6) is 1.39. The largest absolute Gasteiger partial charge is 0.490 e. The van der Waals surface area contributed by atoms with Crippen molar-refractivity contribution in [3.8, 4) is 11.5 Å². The second-order valence-electron chi connectivity index (χ2n) is 4.23. The zero-order valence-electron chi connectivity index (χ0n) is 11.3. The van der Waals surface area contributed by atoms with Crippen LogP contribution in [0.5, 0.6) is 11.5 Å². The quantitative estimate of drug-likeness (QED) is 0.577. The number of hydrogen-bond acceptors (Lipinski definition) is 3. The van der Waals surface area contributed by atoms with Gasteiger partial charge in [-0.15, -0.1) is 0 Å². The van der Waals surface area contributed by atoms with Crippen LogP contribution in [-0.4, -0.2) is 18.5 Å². The highest BCUT2D eigenvalue weighted by molar-refractivity contribution is 5.95. The second kappa shape index (κ2) is 6.89. The van der Waals surface area contributed by atoms with Crippen LogP contribution in [0, 0.1) is 5.41 Å². The summed E-state index contributed by atoms with van der Waals surface area (Å²) < 4.78 is 11.4. The van der Waals surface area contributed by atoms with Gasteiger partial charge in [-0.2, -0.15) is 0 Å². The Morgan fingerprint density at radius 1 is 1.33 bits per heavy atom. The number of rotatable bonds is 7. The molecule has 1 aromatic carbocycles. The van der Waals surface area contributed by atoms with E-state index in [1.807, 2.05) is 19.9 Å². The lowest BCUT2D eigenvalue weighted by Gasteiger charge is -2.17. The third kappa shape index (κ3) is 3.95. The molecule has 0 aliphatic heterocycles. The number of nitrogens with one attached hydrogen (secondary N) is 1. The molecule has 0 aromatic heterocycles. The van der Waals surface area contributed by atoms with Gasteiger partial charge in [0.2, 0.25) is 0 Å². The van der Waals surface area contributed by atoms with Crippen molar-refractivity contribution in [3.63, 3.8) is 0 Å². The molecule has 3 N–H and O–H groups in total. The van der Waals surface area contributed by atoms with E-state index in [1.54, 1.807) is 12.1 Å². The van der Waals surface area contributed by atoms with Gasteiger partial charge < -0.3 is 15.2 Å². The Bertz CT molecular complexity index is 405. The fourth-order valence-electron chi connectivity index (χ4n) is 1.72. The van der Waals surface area contributed by atoms with Gasteiger partial charge in [-0.25, -0.2) is 0 Å². The molecule has 1 rings (SSSR count). The minimum absolute atomic E-state index is 0.0316. The third-order valence-corrected chi connectivity index (χ3v) is 2.58. The van der Waals surface area contributed by atoms with Crippen LogP contribution in [0.25, 0.3) is 0 Å². The third-order valence-electron chi connectivity index (χ3n) is 2.58. The van der Waals surface area contributed by atoms with Crippen LogP contribution in [0.1, 0.15) is 39.2 Å². The molecule has 0 heterocycles. The monoisotopic (exact) mass is 250 g/mol. The molecule has 1 unspecified atom stereocenters. The van der Waals surface area contributed by atoms with Gasteiger partial charge in [0.25, 0.3) is 0 Å². The van der Waals surface area contributed by atoms with Crippen LogP contribution in [-0.2, 0) is 0 Å². The minimum Gasteiger partial charge on any atom is -0.490 e. The second-order valence-corrected chi connectivity index (χ2v) is 4.23. The molecular weight excluding hydrogens is 228 g/mol. The fraction of sp³-hybridized carbons (Fsp3) is 0.500. The fourth-order valence-corrected chi connectivity index (χ4v) is 1.72. The van der Waals surface area contributed by atoms with E-state index >= 15 is 0 Å². The number of amidine groups is 1. The van der Waals surface area contributed by atoms with Gasteiger partial charge in [0.05, 0.1) is 12.7 Å². The molecule has 100 valence electrons. The van der Waals surface area contributed by atoms with Crippen molar-refractivity contribution in [2.75, 3.05) is 6.61 Å². The summed E-state index contributed by atoms with van der Waals surface area (Å²) >= 11 is 0. The summed E-state index contributed by atoms with van der Waals surface area (Å²) in [6.07, 6.45) is 2.23. The van der Waals surface area contributed by atoms with Crippen LogP contribution in [0.3, 0.4) is 0 Å². The molecule has 1 atom stereocenters. The summed E-state index contributed by atoms with van der Waals surface area (Å²) in [5, 5.41) is 7.42. The van der Waals surface area contributed by atoms with Crippen molar-refractivity contribution in [2.24, 2.45) is 5.73 Å². The molecule has 4 heteroatoms. The molecule has 18 heavy (non-hydrogen) atoms. The molecule has 0 aliphatic rings. The first-order chi connectivity index (χ1) is 8.58. The van der Waals surface area contributed by atoms with Crippen LogP contribution in [0.2, 0.25) is 0 Å². The van der Waals surface area contributed by atoms with E-state index in [0.29, 0.717) is 23.7 Å². The van der Waals surface area contributed by atoms with Gasteiger partial charge in [-0.05, 0) is 38.5 Å². The molecule has 4 nitrogen and oxygen atoms in total. The maximum absolute atomic E-state index is 7.42. The first kappa shape index (κ1) is 14.4. The number of hydrogen-bond donors (Lipinski definition) is 2. The predicted molar refractivity (Wildman–Crippen MR) is 73.6 cm³/mol. The Morgan fingerprint density at radius 3 is 2.61 bits per heavy atom. The van der Waals surface area contributed by atoms with Crippen LogP contribution in [0.4, 0.5) is 0 Å². The van der Waals surface area contributed by atoms with Crippen LogP contribution >= 0.6 is 0 Å². The van der Waals surface area contributed by atoms with E-state index in [2.05, 4.69) is 6.92 Å². The summed E-state index contributed by atoms with van der Waals surface area (Å²) in [6, 6.07) is 5.34. The first-order valence-electron chi connectivity index (χ1n) is 6.36. The molecule has 0 aliphatic carbocycles. The molecular formula is C14H22N2O2. The van der Waals surface area contributed by atoms with Crippen molar-refractivity contribution in [1.29, 1.82) is 5.41 Å². The van der Waals surface area contributed by atoms with E-state index in [4.69, 9.17) is 20.6 Å². The zero-order valence-corrected chi connectivity index (χ0v) is 11.3. The zero-order chi connectivity index (χ0) is 13.5. The lowest BCUT2D eigenvalue weighted by atomic mass is 10.2. The number of nitrogen functional groups attached to an aromatic ring is 1. The molecule has 0 amide bonds. The predicted octanol–water partition coefficient (Wildman–Crippen LogP) is 2.94. The van der Waals surface area contributed by atoms with E-state index in [-0.39, 0.29) is 11.9 Å². The van der Waals surface area contributed by atoms with E-state index in [9.17, 15) is 0 Å². The van der Waals surface area contributed by atoms with Crippen molar-refractivity contribution in [2.45, 2.75) is 39.7 Å². The Hall–Kier alpha value is -1.71. The Morgan fingerprint density at radius 2 is 2.06 bits per heavy atom. The van der Waals surface area contributed by atoms with Gasteiger partial charge in [0.15, 0.2) is 11.5 Å². The molecule has 0 bridgehead atoms. The molecule has 0 saturated carbocycles. The van der Waals surface area contributed by atoms with E-state index < -0.39 is 0 Å². The number of ether oxygens (including phenoxy) is 2. The summed E-state index contributed by atoms with van der Waals surface area (Å²) in [7, 11) is 0. The Kier molecular flexibility index (Phi) is 5.49. The molecule has 0 radical (unpaired) electrons.